The molecule has 128 valence electrons. The molecule has 0 bridgehead atoms. The summed E-state index contributed by atoms with van der Waals surface area (Å²) in [5.74, 6) is -1.59. The largest absolute Gasteiger partial charge is 0.384 e. The number of nitrogens with one attached hydrogen (secondary N) is 1. The van der Waals surface area contributed by atoms with E-state index in [1.807, 2.05) is 0 Å². The number of hydrogen-bond donors (Lipinski definition) is 2. The van der Waals surface area contributed by atoms with E-state index in [4.69, 9.17) is 5.73 Å². The molecule has 0 fully saturated rings. The van der Waals surface area contributed by atoms with Gasteiger partial charge < -0.3 is 11.1 Å². The van der Waals surface area contributed by atoms with E-state index >= 15 is 0 Å². The van der Waals surface area contributed by atoms with E-state index in [1.54, 1.807) is 30.5 Å². The molecular weight excluding hydrogens is 324 g/mol. The number of fused-ring (bicyclic) bond motifs is 1. The summed E-state index contributed by atoms with van der Waals surface area (Å²) in [6.07, 6.45) is 1.98. The first-order valence-electron chi connectivity index (χ1n) is 7.85. The quantitative estimate of drug-likeness (QED) is 0.723. The van der Waals surface area contributed by atoms with Gasteiger partial charge in [-0.25, -0.2) is 8.78 Å². The minimum atomic E-state index is -0.464. The first kappa shape index (κ1) is 16.8. The van der Waals surface area contributed by atoms with Gasteiger partial charge in [-0.3, -0.25) is 9.78 Å². The van der Waals surface area contributed by atoms with Crippen molar-refractivity contribution in [3.05, 3.63) is 71.9 Å². The summed E-state index contributed by atoms with van der Waals surface area (Å²) in [5, 5.41) is 3.94. The van der Waals surface area contributed by atoms with Crippen LogP contribution in [-0.2, 0) is 11.2 Å². The van der Waals surface area contributed by atoms with E-state index in [9.17, 15) is 13.6 Å². The van der Waals surface area contributed by atoms with Crippen LogP contribution in [0.3, 0.4) is 0 Å². The van der Waals surface area contributed by atoms with Crippen molar-refractivity contribution in [2.24, 2.45) is 11.7 Å². The maximum Gasteiger partial charge on any atom is 0.222 e. The van der Waals surface area contributed by atoms with Crippen molar-refractivity contribution in [3.63, 3.8) is 0 Å². The van der Waals surface area contributed by atoms with Gasteiger partial charge in [0.1, 0.15) is 11.6 Å². The molecular formula is C19H17F2N3O. The Hall–Kier alpha value is -3.02. The molecule has 1 heterocycles. The molecule has 2 aromatic carbocycles. The normalized spacial score (nSPS) is 12.1. The van der Waals surface area contributed by atoms with Crippen molar-refractivity contribution in [1.29, 1.82) is 0 Å². The minimum absolute atomic E-state index is 0.309. The number of anilines is 1. The van der Waals surface area contributed by atoms with E-state index in [-0.39, 0.29) is 11.6 Å². The average Bonchev–Trinajstić information content (AvgIpc) is 2.59. The maximum atomic E-state index is 13.3. The highest BCUT2D eigenvalue weighted by Gasteiger charge is 2.16. The molecule has 0 spiro atoms. The molecule has 1 amide bonds. The van der Waals surface area contributed by atoms with Crippen LogP contribution in [0.4, 0.5) is 14.5 Å². The Balaban J connectivity index is 1.75. The van der Waals surface area contributed by atoms with Gasteiger partial charge in [-0.2, -0.15) is 0 Å². The molecule has 1 aromatic heterocycles. The van der Waals surface area contributed by atoms with Crippen LogP contribution in [0.1, 0.15) is 5.56 Å². The fourth-order valence-electron chi connectivity index (χ4n) is 2.69. The van der Waals surface area contributed by atoms with Crippen LogP contribution in [0, 0.1) is 17.6 Å². The summed E-state index contributed by atoms with van der Waals surface area (Å²) in [4.78, 5) is 15.9. The summed E-state index contributed by atoms with van der Waals surface area (Å²) in [7, 11) is 0. The van der Waals surface area contributed by atoms with Crippen LogP contribution in [-0.4, -0.2) is 17.4 Å². The molecule has 3 N–H and O–H groups in total. The Kier molecular flexibility index (Phi) is 4.88. The fraction of sp³-hybridized carbons (Fsp3) is 0.158. The van der Waals surface area contributed by atoms with Gasteiger partial charge in [-0.15, -0.1) is 0 Å². The van der Waals surface area contributed by atoms with Gasteiger partial charge in [0.05, 0.1) is 11.4 Å². The number of pyridine rings is 1. The van der Waals surface area contributed by atoms with E-state index in [0.29, 0.717) is 18.5 Å². The van der Waals surface area contributed by atoms with Crippen molar-refractivity contribution < 1.29 is 13.6 Å². The topological polar surface area (TPSA) is 68.0 Å². The van der Waals surface area contributed by atoms with Crippen molar-refractivity contribution >= 4 is 22.5 Å². The van der Waals surface area contributed by atoms with Crippen LogP contribution in [0.5, 0.6) is 0 Å². The fourth-order valence-corrected chi connectivity index (χ4v) is 2.69. The molecule has 0 aliphatic carbocycles. The average molecular weight is 341 g/mol. The number of rotatable bonds is 6. The van der Waals surface area contributed by atoms with Crippen LogP contribution in [0.15, 0.2) is 54.7 Å². The van der Waals surface area contributed by atoms with Crippen molar-refractivity contribution in [3.8, 4) is 0 Å². The van der Waals surface area contributed by atoms with Gasteiger partial charge in [-0.05, 0) is 42.3 Å². The minimum Gasteiger partial charge on any atom is -0.384 e. The zero-order valence-electron chi connectivity index (χ0n) is 13.4. The molecule has 0 radical (unpaired) electrons. The number of aromatic nitrogens is 1. The van der Waals surface area contributed by atoms with Gasteiger partial charge in [-0.1, -0.05) is 12.1 Å². The van der Waals surface area contributed by atoms with Crippen LogP contribution < -0.4 is 11.1 Å². The molecule has 4 nitrogen and oxygen atoms in total. The number of carbonyl (C=O) groups is 1. The number of nitrogens with two attached hydrogens (primary N) is 1. The van der Waals surface area contributed by atoms with Crippen LogP contribution in [0.25, 0.3) is 10.9 Å². The van der Waals surface area contributed by atoms with Crippen LogP contribution >= 0.6 is 0 Å². The van der Waals surface area contributed by atoms with Gasteiger partial charge in [0, 0.05) is 29.9 Å². The zero-order valence-corrected chi connectivity index (χ0v) is 13.4. The molecule has 0 aliphatic rings. The molecule has 0 saturated heterocycles. The predicted molar refractivity (Wildman–Crippen MR) is 93.0 cm³/mol. The van der Waals surface area contributed by atoms with Crippen molar-refractivity contribution in [1.82, 2.24) is 4.98 Å². The molecule has 25 heavy (non-hydrogen) atoms. The lowest BCUT2D eigenvalue weighted by Gasteiger charge is -2.16. The Morgan fingerprint density at radius 1 is 1.08 bits per heavy atom. The molecule has 6 heteroatoms. The number of carbonyl (C=O) groups excluding carboxylic acids is 1. The highest BCUT2D eigenvalue weighted by atomic mass is 19.1. The summed E-state index contributed by atoms with van der Waals surface area (Å²) in [6, 6.07) is 12.1. The number of hydrogen-bond acceptors (Lipinski definition) is 3. The number of nitrogens with zero attached hydrogens (tertiary/aromatic N) is 1. The standard InChI is InChI=1S/C19H17F2N3O/c20-14-3-1-12(2-4-14)9-13(19(22)25)11-24-17-7-8-23-18-10-15(21)5-6-16(17)18/h1-8,10,13H,9,11H2,(H2,22,25)(H,23,24). The second-order valence-electron chi connectivity index (χ2n) is 5.83. The predicted octanol–water partition coefficient (Wildman–Crippen LogP) is 3.27. The van der Waals surface area contributed by atoms with E-state index in [1.165, 1.54) is 24.3 Å². The smallest absolute Gasteiger partial charge is 0.222 e. The van der Waals surface area contributed by atoms with E-state index < -0.39 is 11.8 Å². The molecule has 3 rings (SSSR count). The number of benzene rings is 2. The summed E-state index contributed by atoms with van der Waals surface area (Å²) < 4.78 is 26.3. The monoisotopic (exact) mass is 341 g/mol. The zero-order chi connectivity index (χ0) is 17.8. The van der Waals surface area contributed by atoms with Gasteiger partial charge >= 0.3 is 0 Å². The van der Waals surface area contributed by atoms with E-state index in [2.05, 4.69) is 10.3 Å². The number of primary amides is 1. The first-order valence-corrected chi connectivity index (χ1v) is 7.85. The lowest BCUT2D eigenvalue weighted by Crippen LogP contribution is -2.31. The molecule has 0 aliphatic heterocycles. The SMILES string of the molecule is NC(=O)C(CNc1ccnc2cc(F)ccc12)Cc1ccc(F)cc1. The highest BCUT2D eigenvalue weighted by Crippen LogP contribution is 2.22. The molecule has 0 saturated carbocycles. The highest BCUT2D eigenvalue weighted by molar-refractivity contribution is 5.91. The third-order valence-electron chi connectivity index (χ3n) is 4.04. The number of amides is 1. The summed E-state index contributed by atoms with van der Waals surface area (Å²) in [6.45, 7) is 0.309. The molecule has 1 atom stereocenters. The van der Waals surface area contributed by atoms with Gasteiger partial charge in [0.2, 0.25) is 5.91 Å². The molecule has 3 aromatic rings. The lowest BCUT2D eigenvalue weighted by molar-refractivity contribution is -0.121. The van der Waals surface area contributed by atoms with Gasteiger partial charge in [0.15, 0.2) is 0 Å². The Morgan fingerprint density at radius 3 is 2.52 bits per heavy atom. The van der Waals surface area contributed by atoms with Crippen molar-refractivity contribution in [2.75, 3.05) is 11.9 Å². The Labute approximate surface area is 143 Å². The molecule has 1 unspecified atom stereocenters. The lowest BCUT2D eigenvalue weighted by atomic mass is 9.98. The first-order chi connectivity index (χ1) is 12.0. The third-order valence-corrected chi connectivity index (χ3v) is 4.04. The Bertz CT molecular complexity index is 897. The number of halogens is 2. The summed E-state index contributed by atoms with van der Waals surface area (Å²) in [5.41, 5.74) is 7.60. The second-order valence-corrected chi connectivity index (χ2v) is 5.83. The van der Waals surface area contributed by atoms with Crippen molar-refractivity contribution in [2.45, 2.75) is 6.42 Å². The third kappa shape index (κ3) is 4.09. The second kappa shape index (κ2) is 7.25. The Morgan fingerprint density at radius 2 is 1.80 bits per heavy atom. The van der Waals surface area contributed by atoms with Gasteiger partial charge in [0.25, 0.3) is 0 Å². The maximum absolute atomic E-state index is 13.3. The van der Waals surface area contributed by atoms with Crippen LogP contribution in [0.2, 0.25) is 0 Å². The summed E-state index contributed by atoms with van der Waals surface area (Å²) >= 11 is 0. The van der Waals surface area contributed by atoms with E-state index in [0.717, 1.165) is 16.6 Å².